The molecular formula is C25H26F4N6O. The molecule has 1 aliphatic heterocycles. The van der Waals surface area contributed by atoms with Crippen molar-refractivity contribution in [3.63, 3.8) is 0 Å². The lowest BCUT2D eigenvalue weighted by molar-refractivity contribution is -0.137. The second-order valence-corrected chi connectivity index (χ2v) is 8.91. The number of carbonyl (C=O) groups excluding carboxylic acids is 1. The Hall–Kier alpha value is -3.73. The van der Waals surface area contributed by atoms with Crippen LogP contribution in [-0.2, 0) is 6.18 Å². The third-order valence-corrected chi connectivity index (χ3v) is 6.26. The number of nitrogens with zero attached hydrogens (tertiary/aromatic N) is 4. The van der Waals surface area contributed by atoms with Crippen LogP contribution in [0.2, 0.25) is 0 Å². The highest BCUT2D eigenvalue weighted by molar-refractivity contribution is 6.06. The van der Waals surface area contributed by atoms with Gasteiger partial charge in [0.05, 0.1) is 22.5 Å². The molecule has 1 fully saturated rings. The number of alkyl halides is 3. The van der Waals surface area contributed by atoms with Gasteiger partial charge < -0.3 is 20.9 Å². The summed E-state index contributed by atoms with van der Waals surface area (Å²) in [5.41, 5.74) is 5.65. The van der Waals surface area contributed by atoms with Crippen LogP contribution in [-0.4, -0.2) is 54.0 Å². The molecule has 2 aromatic carbocycles. The molecule has 1 aliphatic rings. The summed E-state index contributed by atoms with van der Waals surface area (Å²) in [7, 11) is 3.90. The first-order valence-electron chi connectivity index (χ1n) is 11.3. The molecule has 1 amide bonds. The molecule has 0 saturated carbocycles. The lowest BCUT2D eigenvalue weighted by Gasteiger charge is -2.38. The van der Waals surface area contributed by atoms with Gasteiger partial charge in [-0.1, -0.05) is 6.07 Å². The van der Waals surface area contributed by atoms with E-state index in [9.17, 15) is 22.4 Å². The maximum Gasteiger partial charge on any atom is 0.416 e. The number of benzene rings is 2. The third-order valence-electron chi connectivity index (χ3n) is 6.26. The first-order valence-corrected chi connectivity index (χ1v) is 11.3. The van der Waals surface area contributed by atoms with Gasteiger partial charge in [0.15, 0.2) is 0 Å². The number of nitrogens with one attached hydrogen (secondary N) is 1. The van der Waals surface area contributed by atoms with E-state index >= 15 is 0 Å². The predicted octanol–water partition coefficient (Wildman–Crippen LogP) is 4.67. The van der Waals surface area contributed by atoms with Crippen LogP contribution in [0.15, 0.2) is 48.8 Å². The fraction of sp³-hybridized carbons (Fsp3) is 0.320. The Morgan fingerprint density at radius 2 is 1.83 bits per heavy atom. The maximum absolute atomic E-state index is 14.7. The molecule has 0 unspecified atom stereocenters. The molecule has 36 heavy (non-hydrogen) atoms. The van der Waals surface area contributed by atoms with Crippen LogP contribution in [0, 0.1) is 5.82 Å². The zero-order valence-corrected chi connectivity index (χ0v) is 19.8. The Kier molecular flexibility index (Phi) is 7.11. The summed E-state index contributed by atoms with van der Waals surface area (Å²) in [5.74, 6) is -1.62. The number of hydrogen-bond acceptors (Lipinski definition) is 6. The number of halogens is 4. The molecule has 1 atom stereocenters. The second-order valence-electron chi connectivity index (χ2n) is 8.91. The second kappa shape index (κ2) is 10.1. The lowest BCUT2D eigenvalue weighted by Crippen LogP contribution is -2.45. The van der Waals surface area contributed by atoms with Crippen molar-refractivity contribution < 1.29 is 22.4 Å². The van der Waals surface area contributed by atoms with E-state index < -0.39 is 23.5 Å². The van der Waals surface area contributed by atoms with Gasteiger partial charge in [0.1, 0.15) is 5.82 Å². The molecule has 0 bridgehead atoms. The van der Waals surface area contributed by atoms with Crippen LogP contribution < -0.4 is 16.0 Å². The van der Waals surface area contributed by atoms with Gasteiger partial charge in [0.2, 0.25) is 5.95 Å². The fourth-order valence-corrected chi connectivity index (χ4v) is 4.24. The van der Waals surface area contributed by atoms with Gasteiger partial charge in [-0.3, -0.25) is 4.79 Å². The number of rotatable bonds is 5. The van der Waals surface area contributed by atoms with E-state index in [0.29, 0.717) is 29.9 Å². The van der Waals surface area contributed by atoms with Crippen LogP contribution in [0.25, 0.3) is 11.1 Å². The molecular weight excluding hydrogens is 476 g/mol. The molecule has 3 aromatic rings. The Bertz CT molecular complexity index is 1250. The Morgan fingerprint density at radius 1 is 1.11 bits per heavy atom. The van der Waals surface area contributed by atoms with Crippen molar-refractivity contribution in [2.45, 2.75) is 25.1 Å². The van der Waals surface area contributed by atoms with Crippen LogP contribution in [0.3, 0.4) is 0 Å². The summed E-state index contributed by atoms with van der Waals surface area (Å²) < 4.78 is 55.1. The number of anilines is 3. The van der Waals surface area contributed by atoms with Gasteiger partial charge in [-0.15, -0.1) is 0 Å². The summed E-state index contributed by atoms with van der Waals surface area (Å²) in [6.45, 7) is 1.21. The van der Waals surface area contributed by atoms with Crippen molar-refractivity contribution in [1.82, 2.24) is 14.9 Å². The molecule has 0 spiro atoms. The molecule has 11 heteroatoms. The normalized spacial score (nSPS) is 16.3. The Labute approximate surface area is 205 Å². The summed E-state index contributed by atoms with van der Waals surface area (Å²) in [6, 6.07) is 7.31. The highest BCUT2D eigenvalue weighted by atomic mass is 19.4. The Morgan fingerprint density at radius 3 is 2.50 bits per heavy atom. The quantitative estimate of drug-likeness (QED) is 0.494. The molecule has 4 rings (SSSR count). The molecule has 1 aromatic heterocycles. The van der Waals surface area contributed by atoms with Gasteiger partial charge in [0, 0.05) is 37.1 Å². The SMILES string of the molecule is CN(C)[C@@H]1CCCN(c2ccc(C(F)(F)F)cc2NC(=O)c2cc(-c3cnc(N)nc3)ccc2F)C1. The van der Waals surface area contributed by atoms with Crippen LogP contribution >= 0.6 is 0 Å². The maximum atomic E-state index is 14.7. The van der Waals surface area contributed by atoms with E-state index in [1.807, 2.05) is 19.0 Å². The predicted molar refractivity (Wildman–Crippen MR) is 130 cm³/mol. The molecule has 190 valence electrons. The number of likely N-dealkylation sites (N-methyl/N-ethyl adjacent to an activating group) is 1. The van der Waals surface area contributed by atoms with Crippen molar-refractivity contribution in [2.75, 3.05) is 43.1 Å². The van der Waals surface area contributed by atoms with Crippen molar-refractivity contribution in [3.8, 4) is 11.1 Å². The first-order chi connectivity index (χ1) is 17.0. The average Bonchev–Trinajstić information content (AvgIpc) is 2.84. The average molecular weight is 503 g/mol. The van der Waals surface area contributed by atoms with Gasteiger partial charge in [0.25, 0.3) is 5.91 Å². The minimum atomic E-state index is -4.60. The molecule has 3 N–H and O–H groups in total. The summed E-state index contributed by atoms with van der Waals surface area (Å²) in [5, 5.41) is 2.52. The minimum absolute atomic E-state index is 0.0325. The summed E-state index contributed by atoms with van der Waals surface area (Å²) in [6.07, 6.45) is 0.0576. The number of piperidine rings is 1. The topological polar surface area (TPSA) is 87.4 Å². The third kappa shape index (κ3) is 5.56. The molecule has 0 radical (unpaired) electrons. The molecule has 0 aliphatic carbocycles. The van der Waals surface area contributed by atoms with Crippen LogP contribution in [0.5, 0.6) is 0 Å². The summed E-state index contributed by atoms with van der Waals surface area (Å²) in [4.78, 5) is 24.9. The van der Waals surface area contributed by atoms with E-state index in [-0.39, 0.29) is 23.2 Å². The number of nitrogen functional groups attached to an aromatic ring is 1. The van der Waals surface area contributed by atoms with E-state index in [0.717, 1.165) is 31.0 Å². The number of nitrogens with two attached hydrogens (primary N) is 1. The van der Waals surface area contributed by atoms with E-state index in [1.165, 1.54) is 30.6 Å². The van der Waals surface area contributed by atoms with Crippen molar-refractivity contribution in [2.24, 2.45) is 0 Å². The Balaban J connectivity index is 1.68. The first kappa shape index (κ1) is 25.4. The van der Waals surface area contributed by atoms with Gasteiger partial charge >= 0.3 is 6.18 Å². The van der Waals surface area contributed by atoms with Crippen molar-refractivity contribution in [3.05, 3.63) is 65.7 Å². The van der Waals surface area contributed by atoms with Crippen LogP contribution in [0.1, 0.15) is 28.8 Å². The number of amides is 1. The molecule has 2 heterocycles. The lowest BCUT2D eigenvalue weighted by atomic mass is 10.0. The minimum Gasteiger partial charge on any atom is -0.368 e. The monoisotopic (exact) mass is 502 g/mol. The highest BCUT2D eigenvalue weighted by Crippen LogP contribution is 2.37. The zero-order valence-electron chi connectivity index (χ0n) is 19.8. The van der Waals surface area contributed by atoms with Gasteiger partial charge in [-0.25, -0.2) is 14.4 Å². The highest BCUT2D eigenvalue weighted by Gasteiger charge is 2.32. The van der Waals surface area contributed by atoms with Crippen molar-refractivity contribution >= 4 is 23.2 Å². The van der Waals surface area contributed by atoms with E-state index in [4.69, 9.17) is 5.73 Å². The number of aromatic nitrogens is 2. The van der Waals surface area contributed by atoms with E-state index in [2.05, 4.69) is 20.2 Å². The summed E-state index contributed by atoms with van der Waals surface area (Å²) >= 11 is 0. The standard InChI is InChI=1S/C25H26F4N6O/c1-34(2)18-4-3-9-35(14-18)22-8-6-17(25(27,28)29)11-21(22)33-23(36)19-10-15(5-7-20(19)26)16-12-31-24(30)32-13-16/h5-8,10-13,18H,3-4,9,14H2,1-2H3,(H,33,36)(H2,30,31,32)/t18-/m1/s1. The largest absolute Gasteiger partial charge is 0.416 e. The number of hydrogen-bond donors (Lipinski definition) is 2. The van der Waals surface area contributed by atoms with Crippen LogP contribution in [0.4, 0.5) is 34.9 Å². The van der Waals surface area contributed by atoms with Gasteiger partial charge in [-0.2, -0.15) is 13.2 Å². The fourth-order valence-electron chi connectivity index (χ4n) is 4.24. The van der Waals surface area contributed by atoms with Gasteiger partial charge in [-0.05, 0) is 62.8 Å². The van der Waals surface area contributed by atoms with Crippen molar-refractivity contribution in [1.29, 1.82) is 0 Å². The number of carbonyl (C=O) groups is 1. The smallest absolute Gasteiger partial charge is 0.368 e. The zero-order chi connectivity index (χ0) is 26.0. The molecule has 7 nitrogen and oxygen atoms in total. The molecule has 1 saturated heterocycles. The van der Waals surface area contributed by atoms with E-state index in [1.54, 1.807) is 0 Å².